The first-order valence-corrected chi connectivity index (χ1v) is 9.22. The second kappa shape index (κ2) is 7.47. The molecule has 2 aliphatic heterocycles. The summed E-state index contributed by atoms with van der Waals surface area (Å²) in [7, 11) is 0. The lowest BCUT2D eigenvalue weighted by Crippen LogP contribution is -2.64. The Morgan fingerprint density at radius 2 is 1.91 bits per heavy atom. The van der Waals surface area contributed by atoms with E-state index in [9.17, 15) is 4.79 Å². The lowest BCUT2D eigenvalue weighted by Gasteiger charge is -2.43. The summed E-state index contributed by atoms with van der Waals surface area (Å²) in [5, 5.41) is -0.439. The molecule has 5 nitrogen and oxygen atoms in total. The van der Waals surface area contributed by atoms with Crippen LogP contribution in [0.25, 0.3) is 0 Å². The average Bonchev–Trinajstić information content (AvgIpc) is 2.53. The van der Waals surface area contributed by atoms with Gasteiger partial charge in [0, 0.05) is 45.3 Å². The number of nitrogens with one attached hydrogen (secondary N) is 2. The van der Waals surface area contributed by atoms with Crippen molar-refractivity contribution in [3.63, 3.8) is 0 Å². The highest BCUT2D eigenvalue weighted by Gasteiger charge is 2.36. The summed E-state index contributed by atoms with van der Waals surface area (Å²) in [6, 6.07) is 0.117. The van der Waals surface area contributed by atoms with Crippen LogP contribution in [-0.2, 0) is 4.79 Å². The molecule has 2 N–H and O–H groups in total. The number of rotatable bonds is 3. The van der Waals surface area contributed by atoms with Gasteiger partial charge in [0.15, 0.2) is 0 Å². The molecule has 4 unspecified atom stereocenters. The van der Waals surface area contributed by atoms with E-state index in [0.29, 0.717) is 0 Å². The summed E-state index contributed by atoms with van der Waals surface area (Å²) in [5.74, 6) is 1.66. The molecular formula is C16H29ClN4O. The largest absolute Gasteiger partial charge is 0.301 e. The fourth-order valence-corrected chi connectivity index (χ4v) is 4.48. The maximum atomic E-state index is 11.7. The van der Waals surface area contributed by atoms with Crippen LogP contribution in [0.2, 0.25) is 0 Å². The van der Waals surface area contributed by atoms with Crippen LogP contribution in [0.3, 0.4) is 0 Å². The molecular weight excluding hydrogens is 300 g/mol. The predicted molar refractivity (Wildman–Crippen MR) is 88.7 cm³/mol. The molecule has 2 saturated heterocycles. The molecule has 0 aromatic heterocycles. The van der Waals surface area contributed by atoms with E-state index in [2.05, 4.69) is 27.6 Å². The normalized spacial score (nSPS) is 38.7. The van der Waals surface area contributed by atoms with Gasteiger partial charge in [-0.2, -0.15) is 0 Å². The third-order valence-electron chi connectivity index (χ3n) is 5.77. The minimum atomic E-state index is -0.439. The standard InChI is InChI=1S/C16H29ClN4O/c1-12-4-2-3-5-13(12)11-20-6-8-21(9-7-20)14-10-18-19-16(22)15(14)17/h12-15,18H,2-11H2,1H3,(H,19,22). The van der Waals surface area contributed by atoms with Gasteiger partial charge in [0.25, 0.3) is 5.91 Å². The SMILES string of the molecule is CC1CCCCC1CN1CCN(C2CNNC(=O)C2Cl)CC1. The van der Waals surface area contributed by atoms with Crippen molar-refractivity contribution in [2.75, 3.05) is 39.3 Å². The Morgan fingerprint density at radius 3 is 2.64 bits per heavy atom. The van der Waals surface area contributed by atoms with E-state index in [1.807, 2.05) is 0 Å². The number of piperazine rings is 1. The van der Waals surface area contributed by atoms with Crippen molar-refractivity contribution in [1.29, 1.82) is 0 Å². The van der Waals surface area contributed by atoms with Gasteiger partial charge in [0.2, 0.25) is 0 Å². The van der Waals surface area contributed by atoms with Crippen LogP contribution < -0.4 is 10.9 Å². The molecule has 2 heterocycles. The number of carbonyl (C=O) groups excluding carboxylic acids is 1. The van der Waals surface area contributed by atoms with E-state index in [-0.39, 0.29) is 11.9 Å². The Balaban J connectivity index is 1.47. The number of hydrazine groups is 1. The summed E-state index contributed by atoms with van der Waals surface area (Å²) in [4.78, 5) is 16.7. The molecule has 1 amide bonds. The topological polar surface area (TPSA) is 47.6 Å². The quantitative estimate of drug-likeness (QED) is 0.760. The summed E-state index contributed by atoms with van der Waals surface area (Å²) in [5.41, 5.74) is 5.57. The number of hydrogen-bond donors (Lipinski definition) is 2. The lowest BCUT2D eigenvalue weighted by molar-refractivity contribution is -0.125. The average molecular weight is 329 g/mol. The summed E-state index contributed by atoms with van der Waals surface area (Å²) in [6.45, 7) is 8.65. The molecule has 0 bridgehead atoms. The number of amides is 1. The summed E-state index contributed by atoms with van der Waals surface area (Å²) >= 11 is 6.27. The second-order valence-corrected chi connectivity index (χ2v) is 7.67. The Bertz CT molecular complexity index is 386. The van der Waals surface area contributed by atoms with Gasteiger partial charge in [-0.25, -0.2) is 5.43 Å². The smallest absolute Gasteiger partial charge is 0.253 e. The Morgan fingerprint density at radius 1 is 1.18 bits per heavy atom. The van der Waals surface area contributed by atoms with Crippen LogP contribution in [0.5, 0.6) is 0 Å². The molecule has 0 aromatic carbocycles. The van der Waals surface area contributed by atoms with Crippen molar-refractivity contribution in [3.8, 4) is 0 Å². The van der Waals surface area contributed by atoms with Crippen LogP contribution in [0, 0.1) is 11.8 Å². The zero-order chi connectivity index (χ0) is 15.5. The molecule has 22 heavy (non-hydrogen) atoms. The third kappa shape index (κ3) is 3.75. The molecule has 3 aliphatic rings. The monoisotopic (exact) mass is 328 g/mol. The van der Waals surface area contributed by atoms with Gasteiger partial charge in [-0.3, -0.25) is 15.1 Å². The van der Waals surface area contributed by atoms with Crippen molar-refractivity contribution in [2.45, 2.75) is 44.0 Å². The zero-order valence-corrected chi connectivity index (χ0v) is 14.3. The van der Waals surface area contributed by atoms with E-state index in [0.717, 1.165) is 44.6 Å². The molecule has 1 saturated carbocycles. The van der Waals surface area contributed by atoms with Crippen molar-refractivity contribution in [2.24, 2.45) is 11.8 Å². The van der Waals surface area contributed by atoms with Crippen molar-refractivity contribution < 1.29 is 4.79 Å². The van der Waals surface area contributed by atoms with E-state index < -0.39 is 5.38 Å². The zero-order valence-electron chi connectivity index (χ0n) is 13.6. The molecule has 0 aromatic rings. The predicted octanol–water partition coefficient (Wildman–Crippen LogP) is 1.04. The Kier molecular flexibility index (Phi) is 5.60. The number of alkyl halides is 1. The highest BCUT2D eigenvalue weighted by Crippen LogP contribution is 2.30. The fraction of sp³-hybridized carbons (Fsp3) is 0.938. The first-order chi connectivity index (χ1) is 10.6. The highest BCUT2D eigenvalue weighted by molar-refractivity contribution is 6.31. The third-order valence-corrected chi connectivity index (χ3v) is 6.26. The van der Waals surface area contributed by atoms with Gasteiger partial charge < -0.3 is 4.90 Å². The summed E-state index contributed by atoms with van der Waals surface area (Å²) < 4.78 is 0. The highest BCUT2D eigenvalue weighted by atomic mass is 35.5. The van der Waals surface area contributed by atoms with E-state index in [1.165, 1.54) is 32.2 Å². The maximum absolute atomic E-state index is 11.7. The van der Waals surface area contributed by atoms with Gasteiger partial charge in [-0.05, 0) is 18.3 Å². The lowest BCUT2D eigenvalue weighted by atomic mass is 9.80. The molecule has 3 fully saturated rings. The molecule has 6 heteroatoms. The van der Waals surface area contributed by atoms with E-state index >= 15 is 0 Å². The molecule has 0 spiro atoms. The van der Waals surface area contributed by atoms with E-state index in [4.69, 9.17) is 11.6 Å². The van der Waals surface area contributed by atoms with Gasteiger partial charge >= 0.3 is 0 Å². The first kappa shape index (κ1) is 16.5. The van der Waals surface area contributed by atoms with Crippen molar-refractivity contribution in [3.05, 3.63) is 0 Å². The van der Waals surface area contributed by atoms with Crippen molar-refractivity contribution >= 4 is 17.5 Å². The van der Waals surface area contributed by atoms with Crippen LogP contribution >= 0.6 is 11.6 Å². The Labute approximate surface area is 138 Å². The van der Waals surface area contributed by atoms with Gasteiger partial charge in [0.1, 0.15) is 5.38 Å². The minimum Gasteiger partial charge on any atom is -0.301 e. The summed E-state index contributed by atoms with van der Waals surface area (Å²) in [6.07, 6.45) is 5.63. The fourth-order valence-electron chi connectivity index (χ4n) is 4.18. The molecule has 4 atom stereocenters. The van der Waals surface area contributed by atoms with Crippen LogP contribution in [-0.4, -0.2) is 66.4 Å². The van der Waals surface area contributed by atoms with Crippen LogP contribution in [0.15, 0.2) is 0 Å². The number of hydrogen-bond acceptors (Lipinski definition) is 4. The first-order valence-electron chi connectivity index (χ1n) is 8.78. The van der Waals surface area contributed by atoms with E-state index in [1.54, 1.807) is 0 Å². The van der Waals surface area contributed by atoms with Gasteiger partial charge in [0.05, 0.1) is 0 Å². The van der Waals surface area contributed by atoms with Crippen LogP contribution in [0.4, 0.5) is 0 Å². The number of carbonyl (C=O) groups is 1. The number of nitrogens with zero attached hydrogens (tertiary/aromatic N) is 2. The molecule has 0 radical (unpaired) electrons. The number of halogens is 1. The maximum Gasteiger partial charge on any atom is 0.253 e. The second-order valence-electron chi connectivity index (χ2n) is 7.20. The molecule has 1 aliphatic carbocycles. The minimum absolute atomic E-state index is 0.101. The van der Waals surface area contributed by atoms with Crippen molar-refractivity contribution in [1.82, 2.24) is 20.7 Å². The Hall–Kier alpha value is -0.360. The molecule has 3 rings (SSSR count). The molecule has 126 valence electrons. The van der Waals surface area contributed by atoms with Crippen LogP contribution in [0.1, 0.15) is 32.6 Å². The van der Waals surface area contributed by atoms with Gasteiger partial charge in [-0.15, -0.1) is 11.6 Å². The van der Waals surface area contributed by atoms with Gasteiger partial charge in [-0.1, -0.05) is 26.2 Å².